The van der Waals surface area contributed by atoms with Crippen molar-refractivity contribution in [2.24, 2.45) is 7.05 Å². The Labute approximate surface area is 163 Å². The predicted octanol–water partition coefficient (Wildman–Crippen LogP) is 0.226. The topological polar surface area (TPSA) is 117 Å². The number of benzene rings is 1. The van der Waals surface area contributed by atoms with E-state index in [1.165, 1.54) is 22.9 Å². The van der Waals surface area contributed by atoms with Crippen LogP contribution < -0.4 is 15.2 Å². The van der Waals surface area contributed by atoms with Crippen molar-refractivity contribution in [1.82, 2.24) is 14.5 Å². The van der Waals surface area contributed by atoms with Crippen molar-refractivity contribution >= 4 is 15.7 Å². The molecule has 1 aliphatic rings. The summed E-state index contributed by atoms with van der Waals surface area (Å²) in [5.74, 6) is 0. The molecule has 1 fully saturated rings. The summed E-state index contributed by atoms with van der Waals surface area (Å²) < 4.78 is 34.4. The van der Waals surface area contributed by atoms with Gasteiger partial charge in [0.15, 0.2) is 0 Å². The van der Waals surface area contributed by atoms with Crippen molar-refractivity contribution in [1.29, 1.82) is 5.26 Å². The zero-order chi connectivity index (χ0) is 20.1. The summed E-state index contributed by atoms with van der Waals surface area (Å²) in [5.41, 5.74) is 0.637. The van der Waals surface area contributed by atoms with Crippen molar-refractivity contribution in [2.45, 2.75) is 17.4 Å². The minimum Gasteiger partial charge on any atom is -0.374 e. The Morgan fingerprint density at radius 1 is 1.39 bits per heavy atom. The maximum atomic E-state index is 12.5. The van der Waals surface area contributed by atoms with E-state index in [1.807, 2.05) is 11.0 Å². The number of morpholine rings is 1. The molecular formula is C18H21N5O4S. The molecule has 148 valence electrons. The number of ether oxygens (including phenoxy) is 1. The van der Waals surface area contributed by atoms with E-state index in [0.717, 1.165) is 5.69 Å². The third-order valence-corrected chi connectivity index (χ3v) is 6.03. The van der Waals surface area contributed by atoms with E-state index in [1.54, 1.807) is 25.4 Å². The molecule has 2 heterocycles. The fourth-order valence-electron chi connectivity index (χ4n) is 2.99. The number of nitrogens with one attached hydrogen (secondary N) is 1. The standard InChI is InChI=1S/C18H21N5O4S/c1-22-18(24)10-15(12-20-22)23-8-9-27-16(13-23)6-7-21-28(25,26)17-5-3-2-4-14(17)11-19/h2-5,10,12,16,21H,6-9,13H2,1H3. The van der Waals surface area contributed by atoms with Gasteiger partial charge < -0.3 is 9.64 Å². The summed E-state index contributed by atoms with van der Waals surface area (Å²) >= 11 is 0. The smallest absolute Gasteiger partial charge is 0.268 e. The van der Waals surface area contributed by atoms with Gasteiger partial charge in [0.25, 0.3) is 5.56 Å². The molecule has 0 aliphatic carbocycles. The van der Waals surface area contributed by atoms with Gasteiger partial charge in [-0.3, -0.25) is 4.79 Å². The second-order valence-corrected chi connectivity index (χ2v) is 8.14. The molecule has 0 bridgehead atoms. The molecule has 1 aromatic carbocycles. The highest BCUT2D eigenvalue weighted by Crippen LogP contribution is 2.17. The maximum Gasteiger partial charge on any atom is 0.268 e. The molecule has 0 spiro atoms. The number of nitrogens with zero attached hydrogens (tertiary/aromatic N) is 4. The zero-order valence-electron chi connectivity index (χ0n) is 15.4. The summed E-state index contributed by atoms with van der Waals surface area (Å²) in [7, 11) is -2.19. The highest BCUT2D eigenvalue weighted by molar-refractivity contribution is 7.89. The molecule has 28 heavy (non-hydrogen) atoms. The van der Waals surface area contributed by atoms with Crippen LogP contribution in [0.2, 0.25) is 0 Å². The Hall–Kier alpha value is -2.74. The Kier molecular flexibility index (Phi) is 6.08. The lowest BCUT2D eigenvalue weighted by Gasteiger charge is -2.34. The third kappa shape index (κ3) is 4.56. The van der Waals surface area contributed by atoms with Crippen LogP contribution in [0.5, 0.6) is 0 Å². The van der Waals surface area contributed by atoms with Crippen molar-refractivity contribution in [3.63, 3.8) is 0 Å². The van der Waals surface area contributed by atoms with Gasteiger partial charge in [0, 0.05) is 32.7 Å². The normalized spacial score (nSPS) is 17.3. The molecule has 0 amide bonds. The van der Waals surface area contributed by atoms with Crippen LogP contribution in [0.25, 0.3) is 0 Å². The monoisotopic (exact) mass is 403 g/mol. The van der Waals surface area contributed by atoms with Crippen LogP contribution in [0.1, 0.15) is 12.0 Å². The van der Waals surface area contributed by atoms with Gasteiger partial charge in [-0.2, -0.15) is 10.4 Å². The van der Waals surface area contributed by atoms with Crippen LogP contribution in [0.4, 0.5) is 5.69 Å². The van der Waals surface area contributed by atoms with E-state index in [-0.39, 0.29) is 28.7 Å². The van der Waals surface area contributed by atoms with E-state index in [2.05, 4.69) is 9.82 Å². The average Bonchev–Trinajstić information content (AvgIpc) is 2.70. The Balaban J connectivity index is 1.59. The van der Waals surface area contributed by atoms with Crippen molar-refractivity contribution in [3.8, 4) is 6.07 Å². The van der Waals surface area contributed by atoms with E-state index in [4.69, 9.17) is 10.00 Å². The van der Waals surface area contributed by atoms with Crippen LogP contribution in [0, 0.1) is 11.3 Å². The van der Waals surface area contributed by atoms with Gasteiger partial charge in [-0.15, -0.1) is 0 Å². The molecule has 3 rings (SSSR count). The summed E-state index contributed by atoms with van der Waals surface area (Å²) in [4.78, 5) is 13.7. The van der Waals surface area contributed by atoms with Gasteiger partial charge in [-0.05, 0) is 18.6 Å². The van der Waals surface area contributed by atoms with Gasteiger partial charge in [-0.25, -0.2) is 17.8 Å². The number of sulfonamides is 1. The average molecular weight is 403 g/mol. The van der Waals surface area contributed by atoms with Gasteiger partial charge in [-0.1, -0.05) is 12.1 Å². The van der Waals surface area contributed by atoms with Crippen LogP contribution in [-0.2, 0) is 21.8 Å². The number of nitriles is 1. The van der Waals surface area contributed by atoms with Crippen LogP contribution in [0.15, 0.2) is 46.2 Å². The quantitative estimate of drug-likeness (QED) is 0.733. The molecule has 1 aliphatic heterocycles. The number of aryl methyl sites for hydroxylation is 1. The molecule has 1 saturated heterocycles. The van der Waals surface area contributed by atoms with Gasteiger partial charge in [0.2, 0.25) is 10.0 Å². The number of hydrogen-bond acceptors (Lipinski definition) is 7. The Bertz CT molecular complexity index is 1040. The fourth-order valence-corrected chi connectivity index (χ4v) is 4.19. The molecule has 1 atom stereocenters. The van der Waals surface area contributed by atoms with Crippen LogP contribution in [0.3, 0.4) is 0 Å². The second-order valence-electron chi connectivity index (χ2n) is 6.41. The van der Waals surface area contributed by atoms with E-state index >= 15 is 0 Å². The Morgan fingerprint density at radius 2 is 2.18 bits per heavy atom. The first kappa shape index (κ1) is 20.0. The van der Waals surface area contributed by atoms with E-state index in [0.29, 0.717) is 26.1 Å². The second kappa shape index (κ2) is 8.52. The molecule has 1 aromatic heterocycles. The van der Waals surface area contributed by atoms with Gasteiger partial charge in [0.1, 0.15) is 6.07 Å². The summed E-state index contributed by atoms with van der Waals surface area (Å²) in [5, 5.41) is 13.1. The Morgan fingerprint density at radius 3 is 2.93 bits per heavy atom. The number of aromatic nitrogens is 2. The molecule has 2 aromatic rings. The molecule has 10 heteroatoms. The highest BCUT2D eigenvalue weighted by Gasteiger charge is 2.23. The summed E-state index contributed by atoms with van der Waals surface area (Å²) in [6.07, 6.45) is 1.90. The molecular weight excluding hydrogens is 382 g/mol. The van der Waals surface area contributed by atoms with Crippen LogP contribution >= 0.6 is 0 Å². The predicted molar refractivity (Wildman–Crippen MR) is 102 cm³/mol. The largest absolute Gasteiger partial charge is 0.374 e. The first-order valence-corrected chi connectivity index (χ1v) is 10.3. The molecule has 1 N–H and O–H groups in total. The maximum absolute atomic E-state index is 12.5. The van der Waals surface area contributed by atoms with E-state index in [9.17, 15) is 13.2 Å². The van der Waals surface area contributed by atoms with Crippen molar-refractivity contribution in [2.75, 3.05) is 31.1 Å². The summed E-state index contributed by atoms with van der Waals surface area (Å²) in [6, 6.07) is 9.49. The molecule has 0 saturated carbocycles. The lowest BCUT2D eigenvalue weighted by Crippen LogP contribution is -2.44. The van der Waals surface area contributed by atoms with Crippen LogP contribution in [-0.4, -0.2) is 50.5 Å². The zero-order valence-corrected chi connectivity index (χ0v) is 16.2. The SMILES string of the molecule is Cn1ncc(N2CCOC(CCNS(=O)(=O)c3ccccc3C#N)C2)cc1=O. The highest BCUT2D eigenvalue weighted by atomic mass is 32.2. The van der Waals surface area contributed by atoms with Gasteiger partial charge in [0.05, 0.1) is 35.1 Å². The number of rotatable bonds is 6. The molecule has 9 nitrogen and oxygen atoms in total. The van der Waals surface area contributed by atoms with Gasteiger partial charge >= 0.3 is 0 Å². The summed E-state index contributed by atoms with van der Waals surface area (Å²) in [6.45, 7) is 1.82. The first-order valence-electron chi connectivity index (χ1n) is 8.79. The fraction of sp³-hybridized carbons (Fsp3) is 0.389. The third-order valence-electron chi connectivity index (χ3n) is 4.51. The lowest BCUT2D eigenvalue weighted by molar-refractivity contribution is 0.0363. The molecule has 1 unspecified atom stereocenters. The lowest BCUT2D eigenvalue weighted by atomic mass is 10.2. The van der Waals surface area contributed by atoms with Crippen molar-refractivity contribution < 1.29 is 13.2 Å². The number of anilines is 1. The van der Waals surface area contributed by atoms with E-state index < -0.39 is 10.0 Å². The van der Waals surface area contributed by atoms with Crippen molar-refractivity contribution in [3.05, 3.63) is 52.4 Å². The minimum absolute atomic E-state index is 0.0325. The molecule has 0 radical (unpaired) electrons. The first-order chi connectivity index (χ1) is 13.4. The minimum atomic E-state index is -3.78. The number of hydrogen-bond donors (Lipinski definition) is 1.